The fraction of sp³-hybridized carbons (Fsp3) is 0.353. The number of nitriles is 1. The van der Waals surface area contributed by atoms with E-state index < -0.39 is 23.5 Å². The van der Waals surface area contributed by atoms with Crippen LogP contribution in [0.25, 0.3) is 11.1 Å². The predicted octanol–water partition coefficient (Wildman–Crippen LogP) is 5.58. The molecular weight excluding hydrogens is 564 g/mol. The van der Waals surface area contributed by atoms with E-state index >= 15 is 0 Å². The highest BCUT2D eigenvalue weighted by atomic mass is 35.5. The minimum atomic E-state index is -0.921. The summed E-state index contributed by atoms with van der Waals surface area (Å²) in [5, 5.41) is 16.9. The van der Waals surface area contributed by atoms with E-state index in [1.165, 1.54) is 7.11 Å². The van der Waals surface area contributed by atoms with Crippen molar-refractivity contribution < 1.29 is 19.1 Å². The summed E-state index contributed by atoms with van der Waals surface area (Å²) in [5.41, 5.74) is 2.22. The third-order valence-electron chi connectivity index (χ3n) is 8.14. The largest absolute Gasteiger partial charge is 0.465 e. The third kappa shape index (κ3) is 7.24. The zero-order valence-corrected chi connectivity index (χ0v) is 25.5. The Morgan fingerprint density at radius 2 is 1.70 bits per heavy atom. The molecule has 3 aromatic rings. The Hall–Kier alpha value is -4.19. The lowest BCUT2D eigenvalue weighted by Crippen LogP contribution is -2.60. The zero-order chi connectivity index (χ0) is 31.0. The summed E-state index contributed by atoms with van der Waals surface area (Å²) in [6.45, 7) is 5.56. The molecule has 9 heteroatoms. The van der Waals surface area contributed by atoms with Crippen molar-refractivity contribution in [3.8, 4) is 17.2 Å². The van der Waals surface area contributed by atoms with Gasteiger partial charge in [0, 0.05) is 22.7 Å². The maximum Gasteiger partial charge on any atom is 0.337 e. The number of rotatable bonds is 10. The Labute approximate surface area is 258 Å². The van der Waals surface area contributed by atoms with E-state index in [4.69, 9.17) is 16.3 Å². The maximum atomic E-state index is 14.1. The average molecular weight is 601 g/mol. The summed E-state index contributed by atoms with van der Waals surface area (Å²) in [5.74, 6) is -1.15. The lowest BCUT2D eigenvalue weighted by Gasteiger charge is -2.42. The van der Waals surface area contributed by atoms with Gasteiger partial charge in [-0.05, 0) is 86.7 Å². The molecule has 2 amide bonds. The van der Waals surface area contributed by atoms with E-state index in [2.05, 4.69) is 16.7 Å². The number of likely N-dealkylation sites (N-methyl/N-ethyl adjacent to an activating group) is 1. The Balaban J connectivity index is 1.60. The lowest BCUT2D eigenvalue weighted by molar-refractivity contribution is -0.138. The molecule has 224 valence electrons. The van der Waals surface area contributed by atoms with Crippen molar-refractivity contribution in [1.29, 1.82) is 5.26 Å². The molecule has 1 saturated heterocycles. The van der Waals surface area contributed by atoms with E-state index in [9.17, 15) is 19.6 Å². The average Bonchev–Trinajstić information content (AvgIpc) is 3.05. The second kappa shape index (κ2) is 14.3. The molecule has 0 unspecified atom stereocenters. The molecule has 0 aromatic heterocycles. The molecule has 2 N–H and O–H groups in total. The number of ether oxygens (including phenoxy) is 1. The zero-order valence-electron chi connectivity index (χ0n) is 24.7. The van der Waals surface area contributed by atoms with E-state index in [0.29, 0.717) is 60.6 Å². The van der Waals surface area contributed by atoms with Crippen LogP contribution in [0.1, 0.15) is 65.3 Å². The van der Waals surface area contributed by atoms with Crippen LogP contribution in [0.3, 0.4) is 0 Å². The summed E-state index contributed by atoms with van der Waals surface area (Å²) in [6, 6.07) is 23.1. The van der Waals surface area contributed by atoms with Crippen LogP contribution in [0.4, 0.5) is 0 Å². The lowest BCUT2D eigenvalue weighted by atomic mass is 9.86. The smallest absolute Gasteiger partial charge is 0.337 e. The summed E-state index contributed by atoms with van der Waals surface area (Å²) in [4.78, 5) is 41.4. The van der Waals surface area contributed by atoms with E-state index in [-0.39, 0.29) is 11.8 Å². The van der Waals surface area contributed by atoms with Gasteiger partial charge in [0.15, 0.2) is 0 Å². The molecule has 0 saturated carbocycles. The fourth-order valence-corrected chi connectivity index (χ4v) is 5.89. The highest BCUT2D eigenvalue weighted by Gasteiger charge is 2.43. The molecule has 1 aliphatic rings. The number of amides is 2. The van der Waals surface area contributed by atoms with Crippen molar-refractivity contribution in [2.45, 2.75) is 50.6 Å². The van der Waals surface area contributed by atoms with Crippen LogP contribution in [-0.2, 0) is 9.53 Å². The van der Waals surface area contributed by atoms with Gasteiger partial charge in [-0.2, -0.15) is 5.26 Å². The number of methoxy groups -OCH3 is 1. The maximum absolute atomic E-state index is 14.1. The van der Waals surface area contributed by atoms with Gasteiger partial charge in [-0.1, -0.05) is 61.0 Å². The molecule has 0 radical (unpaired) electrons. The first-order chi connectivity index (χ1) is 20.7. The van der Waals surface area contributed by atoms with Crippen molar-refractivity contribution in [1.82, 2.24) is 15.5 Å². The molecule has 3 aromatic carbocycles. The molecule has 0 aliphatic carbocycles. The molecule has 43 heavy (non-hydrogen) atoms. The quantitative estimate of drug-likeness (QED) is 0.294. The Morgan fingerprint density at radius 3 is 2.30 bits per heavy atom. The van der Waals surface area contributed by atoms with Crippen LogP contribution >= 0.6 is 11.6 Å². The van der Waals surface area contributed by atoms with Crippen LogP contribution in [0.5, 0.6) is 0 Å². The molecule has 0 spiro atoms. The molecule has 4 rings (SSSR count). The SMILES string of the molecule is CCN(C(=O)[C@H](C[C@H](C)c1ccccc1)NC(=O)c1ccc(-c2cc(C(=O)OC)ccc2Cl)cc1)C1(C#N)CCNCC1. The first-order valence-electron chi connectivity index (χ1n) is 14.5. The van der Waals surface area contributed by atoms with E-state index in [0.717, 1.165) is 11.1 Å². The normalized spacial score (nSPS) is 15.4. The van der Waals surface area contributed by atoms with Gasteiger partial charge >= 0.3 is 5.97 Å². The number of nitrogens with zero attached hydrogens (tertiary/aromatic N) is 2. The number of esters is 1. The Bertz CT molecular complexity index is 1480. The number of hydrogen-bond acceptors (Lipinski definition) is 6. The third-order valence-corrected chi connectivity index (χ3v) is 8.47. The van der Waals surface area contributed by atoms with Gasteiger partial charge in [0.2, 0.25) is 5.91 Å². The molecular formula is C34H37ClN4O4. The van der Waals surface area contributed by atoms with Crippen LogP contribution in [-0.4, -0.2) is 61.0 Å². The van der Waals surface area contributed by atoms with Crippen molar-refractivity contribution in [2.75, 3.05) is 26.7 Å². The highest BCUT2D eigenvalue weighted by molar-refractivity contribution is 6.33. The monoisotopic (exact) mass is 600 g/mol. The number of nitrogens with one attached hydrogen (secondary N) is 2. The fourth-order valence-electron chi connectivity index (χ4n) is 5.67. The topological polar surface area (TPSA) is 112 Å². The summed E-state index contributed by atoms with van der Waals surface area (Å²) >= 11 is 6.41. The summed E-state index contributed by atoms with van der Waals surface area (Å²) in [7, 11) is 1.31. The van der Waals surface area contributed by atoms with Crippen LogP contribution in [0.15, 0.2) is 72.8 Å². The summed E-state index contributed by atoms with van der Waals surface area (Å²) in [6.07, 6.45) is 1.43. The first kappa shape index (κ1) is 31.7. The van der Waals surface area contributed by atoms with Gasteiger partial charge in [-0.3, -0.25) is 9.59 Å². The molecule has 1 fully saturated rings. The standard InChI is InChI=1S/C34H37ClN4O4/c1-4-39(34(22-36)16-18-37-19-17-34)32(41)30(20-23(2)24-8-6-5-7-9-24)38-31(40)26-12-10-25(11-13-26)28-21-27(33(42)43-3)14-15-29(28)35/h5-15,21,23,30,37H,4,16-20H2,1-3H3,(H,38,40)/t23-,30-/m0/s1. The van der Waals surface area contributed by atoms with Crippen molar-refractivity contribution in [3.63, 3.8) is 0 Å². The van der Waals surface area contributed by atoms with Gasteiger partial charge in [0.1, 0.15) is 11.6 Å². The number of carbonyl (C=O) groups excluding carboxylic acids is 3. The molecule has 2 atom stereocenters. The van der Waals surface area contributed by atoms with E-state index in [1.807, 2.05) is 44.2 Å². The van der Waals surface area contributed by atoms with Crippen molar-refractivity contribution in [3.05, 3.63) is 94.5 Å². The van der Waals surface area contributed by atoms with Gasteiger partial charge in [0.25, 0.3) is 5.91 Å². The molecule has 8 nitrogen and oxygen atoms in total. The van der Waals surface area contributed by atoms with Crippen LogP contribution in [0, 0.1) is 11.3 Å². The van der Waals surface area contributed by atoms with Gasteiger partial charge < -0.3 is 20.3 Å². The molecule has 1 heterocycles. The number of benzene rings is 3. The second-order valence-electron chi connectivity index (χ2n) is 10.8. The van der Waals surface area contributed by atoms with E-state index in [1.54, 1.807) is 47.4 Å². The van der Waals surface area contributed by atoms with Crippen LogP contribution < -0.4 is 10.6 Å². The first-order valence-corrected chi connectivity index (χ1v) is 14.9. The van der Waals surface area contributed by atoms with Gasteiger partial charge in [0.05, 0.1) is 18.7 Å². The number of hydrogen-bond donors (Lipinski definition) is 2. The predicted molar refractivity (Wildman–Crippen MR) is 167 cm³/mol. The minimum absolute atomic E-state index is 0.0215. The highest BCUT2D eigenvalue weighted by Crippen LogP contribution is 2.31. The summed E-state index contributed by atoms with van der Waals surface area (Å²) < 4.78 is 4.82. The van der Waals surface area contributed by atoms with Crippen molar-refractivity contribution in [2.24, 2.45) is 0 Å². The van der Waals surface area contributed by atoms with Gasteiger partial charge in [-0.25, -0.2) is 4.79 Å². The van der Waals surface area contributed by atoms with Gasteiger partial charge in [-0.15, -0.1) is 0 Å². The second-order valence-corrected chi connectivity index (χ2v) is 11.2. The Kier molecular flexibility index (Phi) is 10.6. The number of piperidine rings is 1. The van der Waals surface area contributed by atoms with Crippen molar-refractivity contribution >= 4 is 29.4 Å². The molecule has 1 aliphatic heterocycles. The Morgan fingerprint density at radius 1 is 1.05 bits per heavy atom. The molecule has 0 bridgehead atoms. The van der Waals surface area contributed by atoms with Crippen LogP contribution in [0.2, 0.25) is 5.02 Å². The number of carbonyl (C=O) groups is 3. The number of halogens is 1. The minimum Gasteiger partial charge on any atom is -0.465 e.